The van der Waals surface area contributed by atoms with Crippen LogP contribution in [0.5, 0.6) is 11.5 Å². The van der Waals surface area contributed by atoms with Crippen molar-refractivity contribution in [2.24, 2.45) is 0 Å². The third-order valence-electron chi connectivity index (χ3n) is 4.79. The monoisotopic (exact) mass is 371 g/mol. The van der Waals surface area contributed by atoms with Crippen LogP contribution < -0.4 is 13.8 Å². The topological polar surface area (TPSA) is 55.8 Å². The van der Waals surface area contributed by atoms with Crippen LogP contribution in [0.2, 0.25) is 0 Å². The molecular weight excluding hydrogens is 350 g/mol. The number of anilines is 1. The Bertz CT molecular complexity index is 1020. The molecule has 0 saturated heterocycles. The fourth-order valence-corrected chi connectivity index (χ4v) is 5.42. The molecule has 2 heterocycles. The molecule has 4 rings (SSSR count). The van der Waals surface area contributed by atoms with Gasteiger partial charge in [0, 0.05) is 11.6 Å². The molecule has 6 heteroatoms. The maximum absolute atomic E-state index is 13.5. The lowest BCUT2D eigenvalue weighted by molar-refractivity contribution is 0.174. The molecule has 0 N–H and O–H groups in total. The minimum absolute atomic E-state index is 0.148. The molecule has 0 fully saturated rings. The predicted octanol–water partition coefficient (Wildman–Crippen LogP) is 4.11. The summed E-state index contributed by atoms with van der Waals surface area (Å²) in [5.74, 6) is 1.21. The Labute approximate surface area is 153 Å². The number of fused-ring (bicyclic) bond motifs is 2. The maximum Gasteiger partial charge on any atom is 0.265 e. The van der Waals surface area contributed by atoms with E-state index >= 15 is 0 Å². The van der Waals surface area contributed by atoms with Gasteiger partial charge in [0.15, 0.2) is 11.5 Å². The molecule has 2 aromatic rings. The summed E-state index contributed by atoms with van der Waals surface area (Å²) in [5.41, 5.74) is 2.76. The second kappa shape index (κ2) is 5.51. The smallest absolute Gasteiger partial charge is 0.265 e. The number of rotatable bonds is 2. The standard InChI is InChI=1S/C20H21NO4S/c1-13-5-7-15(8-6-13)26(22,23)21-17-10-19-18(24-12-25-19)9-16(17)14(2)11-20(21,3)4/h5-11H,12H2,1-4H3. The van der Waals surface area contributed by atoms with Crippen LogP contribution in [-0.2, 0) is 10.0 Å². The van der Waals surface area contributed by atoms with Gasteiger partial charge in [-0.2, -0.15) is 0 Å². The van der Waals surface area contributed by atoms with E-state index in [0.717, 1.165) is 16.7 Å². The molecule has 0 radical (unpaired) electrons. The second-order valence-electron chi connectivity index (χ2n) is 7.29. The second-order valence-corrected chi connectivity index (χ2v) is 9.07. The van der Waals surface area contributed by atoms with Gasteiger partial charge >= 0.3 is 0 Å². The van der Waals surface area contributed by atoms with Crippen molar-refractivity contribution in [1.82, 2.24) is 0 Å². The van der Waals surface area contributed by atoms with Gasteiger partial charge < -0.3 is 9.47 Å². The lowest BCUT2D eigenvalue weighted by Crippen LogP contribution is -2.48. The van der Waals surface area contributed by atoms with Gasteiger partial charge in [-0.15, -0.1) is 0 Å². The largest absolute Gasteiger partial charge is 0.454 e. The van der Waals surface area contributed by atoms with Crippen molar-refractivity contribution in [1.29, 1.82) is 0 Å². The average Bonchev–Trinajstić information content (AvgIpc) is 3.00. The zero-order valence-electron chi connectivity index (χ0n) is 15.2. The van der Waals surface area contributed by atoms with E-state index in [1.54, 1.807) is 18.2 Å². The molecule has 0 spiro atoms. The van der Waals surface area contributed by atoms with Crippen LogP contribution in [0.1, 0.15) is 31.9 Å². The quantitative estimate of drug-likeness (QED) is 0.797. The van der Waals surface area contributed by atoms with Gasteiger partial charge in [0.05, 0.1) is 16.1 Å². The van der Waals surface area contributed by atoms with Crippen LogP contribution in [0.25, 0.3) is 5.57 Å². The van der Waals surface area contributed by atoms with E-state index in [-0.39, 0.29) is 11.7 Å². The summed E-state index contributed by atoms with van der Waals surface area (Å²) in [7, 11) is -3.75. The molecule has 0 aliphatic carbocycles. The van der Waals surface area contributed by atoms with E-state index in [0.29, 0.717) is 17.2 Å². The highest BCUT2D eigenvalue weighted by Crippen LogP contribution is 2.47. The van der Waals surface area contributed by atoms with Crippen LogP contribution >= 0.6 is 0 Å². The van der Waals surface area contributed by atoms with Crippen LogP contribution in [0.15, 0.2) is 47.4 Å². The summed E-state index contributed by atoms with van der Waals surface area (Å²) >= 11 is 0. The summed E-state index contributed by atoms with van der Waals surface area (Å²) in [4.78, 5) is 0.271. The van der Waals surface area contributed by atoms with E-state index in [2.05, 4.69) is 0 Å². The van der Waals surface area contributed by atoms with Crippen molar-refractivity contribution in [3.63, 3.8) is 0 Å². The van der Waals surface area contributed by atoms with Gasteiger partial charge in [-0.25, -0.2) is 8.42 Å². The number of allylic oxidation sites excluding steroid dienone is 1. The molecule has 0 bridgehead atoms. The van der Waals surface area contributed by atoms with Gasteiger partial charge in [-0.1, -0.05) is 23.8 Å². The first-order valence-electron chi connectivity index (χ1n) is 8.46. The number of benzene rings is 2. The molecule has 0 saturated carbocycles. The molecule has 2 aromatic carbocycles. The van der Waals surface area contributed by atoms with Gasteiger partial charge in [0.25, 0.3) is 10.0 Å². The van der Waals surface area contributed by atoms with Crippen LogP contribution in [0.3, 0.4) is 0 Å². The highest BCUT2D eigenvalue weighted by molar-refractivity contribution is 7.93. The summed E-state index contributed by atoms with van der Waals surface area (Å²) < 4.78 is 39.5. The molecule has 0 amide bonds. The van der Waals surface area contributed by atoms with E-state index < -0.39 is 15.6 Å². The Balaban J connectivity index is 1.95. The lowest BCUT2D eigenvalue weighted by Gasteiger charge is -2.42. The number of sulfonamides is 1. The highest BCUT2D eigenvalue weighted by Gasteiger charge is 2.41. The fourth-order valence-electron chi connectivity index (χ4n) is 3.65. The van der Waals surface area contributed by atoms with Gasteiger partial charge in [0.2, 0.25) is 6.79 Å². The van der Waals surface area contributed by atoms with Crippen LogP contribution in [-0.4, -0.2) is 20.7 Å². The predicted molar refractivity (Wildman–Crippen MR) is 101 cm³/mol. The molecule has 2 aliphatic heterocycles. The Morgan fingerprint density at radius 2 is 1.62 bits per heavy atom. The number of nitrogens with zero attached hydrogens (tertiary/aromatic N) is 1. The van der Waals surface area contributed by atoms with Crippen LogP contribution in [0, 0.1) is 6.92 Å². The first-order valence-corrected chi connectivity index (χ1v) is 9.90. The number of aryl methyl sites for hydroxylation is 1. The molecular formula is C20H21NO4S. The molecule has 26 heavy (non-hydrogen) atoms. The minimum atomic E-state index is -3.75. The van der Waals surface area contributed by atoms with E-state index in [1.165, 1.54) is 4.31 Å². The highest BCUT2D eigenvalue weighted by atomic mass is 32.2. The summed E-state index contributed by atoms with van der Waals surface area (Å²) in [6.07, 6.45) is 1.98. The first kappa shape index (κ1) is 17.0. The van der Waals surface area contributed by atoms with Crippen molar-refractivity contribution in [2.75, 3.05) is 11.1 Å². The summed E-state index contributed by atoms with van der Waals surface area (Å²) in [5, 5.41) is 0. The summed E-state index contributed by atoms with van der Waals surface area (Å²) in [6, 6.07) is 10.5. The van der Waals surface area contributed by atoms with Gasteiger partial charge in [-0.3, -0.25) is 4.31 Å². The minimum Gasteiger partial charge on any atom is -0.454 e. The summed E-state index contributed by atoms with van der Waals surface area (Å²) in [6.45, 7) is 7.86. The molecule has 5 nitrogen and oxygen atoms in total. The number of hydrogen-bond acceptors (Lipinski definition) is 4. The van der Waals surface area contributed by atoms with Gasteiger partial charge in [-0.05, 0) is 51.5 Å². The number of ether oxygens (including phenoxy) is 2. The van der Waals surface area contributed by atoms with Gasteiger partial charge in [0.1, 0.15) is 0 Å². The zero-order valence-corrected chi connectivity index (χ0v) is 16.1. The third kappa shape index (κ3) is 2.48. The van der Waals surface area contributed by atoms with E-state index in [1.807, 2.05) is 52.0 Å². The Morgan fingerprint density at radius 3 is 2.27 bits per heavy atom. The van der Waals surface area contributed by atoms with Crippen LogP contribution in [0.4, 0.5) is 5.69 Å². The van der Waals surface area contributed by atoms with E-state index in [9.17, 15) is 8.42 Å². The lowest BCUT2D eigenvalue weighted by atomic mass is 9.91. The molecule has 0 aromatic heterocycles. The Hall–Kier alpha value is -2.47. The molecule has 136 valence electrons. The number of hydrogen-bond donors (Lipinski definition) is 0. The molecule has 0 atom stereocenters. The third-order valence-corrected chi connectivity index (χ3v) is 6.80. The normalized spacial score (nSPS) is 17.7. The Morgan fingerprint density at radius 1 is 1.00 bits per heavy atom. The zero-order chi connectivity index (χ0) is 18.7. The first-order chi connectivity index (χ1) is 12.2. The van der Waals surface area contributed by atoms with Crippen molar-refractivity contribution in [3.8, 4) is 11.5 Å². The SMILES string of the molecule is CC1=CC(C)(C)N(S(=O)(=O)c2ccc(C)cc2)c2cc3c(cc21)OCO3. The average molecular weight is 371 g/mol. The van der Waals surface area contributed by atoms with Crippen molar-refractivity contribution < 1.29 is 17.9 Å². The van der Waals surface area contributed by atoms with E-state index in [4.69, 9.17) is 9.47 Å². The van der Waals surface area contributed by atoms with Crippen molar-refractivity contribution in [2.45, 2.75) is 38.1 Å². The fraction of sp³-hybridized carbons (Fsp3) is 0.300. The molecule has 2 aliphatic rings. The molecule has 0 unspecified atom stereocenters. The maximum atomic E-state index is 13.5. The Kier molecular flexibility index (Phi) is 3.60. The van der Waals surface area contributed by atoms with Crippen molar-refractivity contribution >= 4 is 21.3 Å². The van der Waals surface area contributed by atoms with Crippen molar-refractivity contribution in [3.05, 3.63) is 53.6 Å².